The molecule has 0 saturated heterocycles. The lowest BCUT2D eigenvalue weighted by atomic mass is 9.92. The fourth-order valence-corrected chi connectivity index (χ4v) is 5.63. The van der Waals surface area contributed by atoms with E-state index in [1.807, 2.05) is 24.3 Å². The maximum absolute atomic E-state index is 13.5. The van der Waals surface area contributed by atoms with Crippen molar-refractivity contribution in [3.63, 3.8) is 0 Å². The second-order valence-electron chi connectivity index (χ2n) is 10.5. The molecule has 4 aromatic rings. The fourth-order valence-electron chi connectivity index (χ4n) is 5.46. The van der Waals surface area contributed by atoms with Crippen LogP contribution < -0.4 is 10.2 Å². The van der Waals surface area contributed by atoms with E-state index in [0.717, 1.165) is 21.4 Å². The number of aryl methyl sites for hydroxylation is 1. The van der Waals surface area contributed by atoms with Crippen LogP contribution in [0.4, 0.5) is 11.4 Å². The number of ether oxygens (including phenoxy) is 2. The molecular formula is C33H29ClN2O7. The third kappa shape index (κ3) is 5.67. The van der Waals surface area contributed by atoms with Crippen LogP contribution in [-0.2, 0) is 14.3 Å². The number of anilines is 2. The van der Waals surface area contributed by atoms with Gasteiger partial charge in [-0.1, -0.05) is 29.8 Å². The molecule has 9 nitrogen and oxygen atoms in total. The molecule has 2 atom stereocenters. The first-order valence-corrected chi connectivity index (χ1v) is 14.4. The Morgan fingerprint density at radius 3 is 2.70 bits per heavy atom. The molecule has 0 unspecified atom stereocenters. The van der Waals surface area contributed by atoms with E-state index in [9.17, 15) is 14.4 Å². The van der Waals surface area contributed by atoms with Gasteiger partial charge in [-0.2, -0.15) is 0 Å². The van der Waals surface area contributed by atoms with Gasteiger partial charge >= 0.3 is 0 Å². The van der Waals surface area contributed by atoms with E-state index in [2.05, 4.69) is 5.32 Å². The first kappa shape index (κ1) is 28.7. The van der Waals surface area contributed by atoms with Crippen LogP contribution in [0.25, 0.3) is 11.0 Å². The number of rotatable bonds is 9. The van der Waals surface area contributed by atoms with Crippen LogP contribution in [-0.4, -0.2) is 42.3 Å². The van der Waals surface area contributed by atoms with E-state index in [4.69, 9.17) is 30.6 Å². The van der Waals surface area contributed by atoms with Crippen molar-refractivity contribution >= 4 is 51.7 Å². The van der Waals surface area contributed by atoms with E-state index in [0.29, 0.717) is 53.4 Å². The minimum atomic E-state index is -0.672. The average molecular weight is 601 g/mol. The third-order valence-electron chi connectivity index (χ3n) is 7.59. The van der Waals surface area contributed by atoms with Gasteiger partial charge in [-0.15, -0.1) is 0 Å². The molecule has 220 valence electrons. The lowest BCUT2D eigenvalue weighted by Crippen LogP contribution is -2.30. The molecule has 2 N–H and O–H groups in total. The number of furan rings is 1. The molecule has 0 radical (unpaired) electrons. The number of unbranched alkanes of at least 4 members (excludes halogenated alkanes) is 1. The number of aliphatic hydroxyl groups excluding tert-OH is 1. The lowest BCUT2D eigenvalue weighted by molar-refractivity contribution is -0.143. The third-order valence-corrected chi connectivity index (χ3v) is 7.83. The Labute approximate surface area is 252 Å². The number of halogens is 1. The molecule has 2 aliphatic heterocycles. The number of carbonyl (C=O) groups is 3. The van der Waals surface area contributed by atoms with Crippen LogP contribution in [0.3, 0.4) is 0 Å². The highest BCUT2D eigenvalue weighted by Gasteiger charge is 2.37. The zero-order chi connectivity index (χ0) is 30.1. The van der Waals surface area contributed by atoms with Crippen molar-refractivity contribution in [3.8, 4) is 0 Å². The molecule has 0 fully saturated rings. The number of benzene rings is 3. The molecule has 3 aromatic carbocycles. The Bertz CT molecular complexity index is 1760. The summed E-state index contributed by atoms with van der Waals surface area (Å²) >= 11 is 6.05. The summed E-state index contributed by atoms with van der Waals surface area (Å²) in [6, 6.07) is 17.3. The molecule has 0 saturated carbocycles. The number of allylic oxidation sites excluding steroid dienone is 1. The predicted molar refractivity (Wildman–Crippen MR) is 161 cm³/mol. The monoisotopic (exact) mass is 600 g/mol. The quantitative estimate of drug-likeness (QED) is 0.170. The molecule has 43 heavy (non-hydrogen) atoms. The number of fused-ring (bicyclic) bond motifs is 2. The summed E-state index contributed by atoms with van der Waals surface area (Å²) < 4.78 is 17.7. The highest BCUT2D eigenvalue weighted by Crippen LogP contribution is 2.37. The maximum atomic E-state index is 13.5. The van der Waals surface area contributed by atoms with Gasteiger partial charge in [0.05, 0.1) is 29.7 Å². The van der Waals surface area contributed by atoms with Crippen molar-refractivity contribution in [1.82, 2.24) is 0 Å². The minimum absolute atomic E-state index is 0.0750. The van der Waals surface area contributed by atoms with Gasteiger partial charge < -0.3 is 24.3 Å². The molecule has 0 spiro atoms. The first-order valence-electron chi connectivity index (χ1n) is 14.0. The van der Waals surface area contributed by atoms with Crippen LogP contribution >= 0.6 is 11.6 Å². The van der Waals surface area contributed by atoms with E-state index >= 15 is 0 Å². The van der Waals surface area contributed by atoms with E-state index in [1.165, 1.54) is 6.07 Å². The summed E-state index contributed by atoms with van der Waals surface area (Å²) in [5.41, 5.74) is 3.72. The van der Waals surface area contributed by atoms with Gasteiger partial charge in [0.25, 0.3) is 17.7 Å². The maximum Gasteiger partial charge on any atom is 0.290 e. The summed E-state index contributed by atoms with van der Waals surface area (Å²) in [5.74, 6) is -1.45. The van der Waals surface area contributed by atoms with Crippen LogP contribution in [0, 0.1) is 6.92 Å². The summed E-state index contributed by atoms with van der Waals surface area (Å²) in [6.45, 7) is 2.21. The Balaban J connectivity index is 1.22. The summed E-state index contributed by atoms with van der Waals surface area (Å²) in [4.78, 5) is 40.7. The number of imide groups is 1. The van der Waals surface area contributed by atoms with Crippen molar-refractivity contribution in [2.75, 3.05) is 23.4 Å². The number of nitrogens with one attached hydrogen (secondary N) is 1. The van der Waals surface area contributed by atoms with Gasteiger partial charge in [0.1, 0.15) is 5.58 Å². The second-order valence-corrected chi connectivity index (χ2v) is 10.9. The van der Waals surface area contributed by atoms with Crippen molar-refractivity contribution in [2.45, 2.75) is 38.4 Å². The molecule has 0 aliphatic carbocycles. The number of amides is 3. The largest absolute Gasteiger partial charge is 0.464 e. The summed E-state index contributed by atoms with van der Waals surface area (Å²) in [7, 11) is 0. The zero-order valence-corrected chi connectivity index (χ0v) is 24.1. The van der Waals surface area contributed by atoms with Gasteiger partial charge in [0, 0.05) is 40.6 Å². The minimum Gasteiger partial charge on any atom is -0.464 e. The van der Waals surface area contributed by atoms with Crippen LogP contribution in [0.2, 0.25) is 5.02 Å². The van der Waals surface area contributed by atoms with E-state index < -0.39 is 24.0 Å². The Morgan fingerprint density at radius 1 is 1.07 bits per heavy atom. The lowest BCUT2D eigenvalue weighted by Gasteiger charge is -2.29. The standard InChI is InChI=1S/C33H29ClN2O7/c1-19-14-22(9-11-27(19)36-32(39)24-10-8-21(34)17-25(24)33(36)40)35-31(38)29-15-20(16-30(43-29)41-13-5-4-12-37)26-18-42-28-7-3-2-6-23(26)28/h2-3,6-11,14-15,17-18,20,30,37H,4-5,12-13,16H2,1H3,(H,35,38)/t20-,30+/m0/s1. The number of para-hydroxylation sites is 1. The first-order chi connectivity index (χ1) is 20.8. The van der Waals surface area contributed by atoms with Crippen LogP contribution in [0.5, 0.6) is 0 Å². The second kappa shape index (κ2) is 12.0. The Hall–Kier alpha value is -4.44. The zero-order valence-electron chi connectivity index (χ0n) is 23.3. The number of hydrogen-bond donors (Lipinski definition) is 2. The van der Waals surface area contributed by atoms with E-state index in [-0.39, 0.29) is 23.8 Å². The number of nitrogens with zero attached hydrogens (tertiary/aromatic N) is 1. The topological polar surface area (TPSA) is 118 Å². The fraction of sp³-hybridized carbons (Fsp3) is 0.242. The summed E-state index contributed by atoms with van der Waals surface area (Å²) in [5, 5.41) is 13.3. The highest BCUT2D eigenvalue weighted by molar-refractivity contribution is 6.37. The molecule has 2 aliphatic rings. The number of hydrogen-bond acceptors (Lipinski definition) is 7. The molecule has 0 bridgehead atoms. The van der Waals surface area contributed by atoms with E-state index in [1.54, 1.807) is 49.6 Å². The van der Waals surface area contributed by atoms with Crippen molar-refractivity contribution in [2.24, 2.45) is 0 Å². The predicted octanol–water partition coefficient (Wildman–Crippen LogP) is 6.34. The summed E-state index contributed by atoms with van der Waals surface area (Å²) in [6.07, 6.45) is 4.55. The van der Waals surface area contributed by atoms with Gasteiger partial charge in [-0.25, -0.2) is 4.90 Å². The smallest absolute Gasteiger partial charge is 0.290 e. The average Bonchev–Trinajstić information content (AvgIpc) is 3.54. The van der Waals surface area contributed by atoms with Crippen LogP contribution in [0.15, 0.2) is 83.2 Å². The number of aliphatic hydroxyl groups is 1. The van der Waals surface area contributed by atoms with Crippen molar-refractivity contribution < 1.29 is 33.4 Å². The van der Waals surface area contributed by atoms with Gasteiger partial charge in [-0.3, -0.25) is 14.4 Å². The number of carbonyl (C=O) groups excluding carboxylic acids is 3. The van der Waals surface area contributed by atoms with Crippen LogP contribution in [0.1, 0.15) is 57.0 Å². The molecule has 6 rings (SSSR count). The molecular weight excluding hydrogens is 572 g/mol. The Kier molecular flexibility index (Phi) is 8.03. The van der Waals surface area contributed by atoms with Gasteiger partial charge in [-0.05, 0) is 73.9 Å². The van der Waals surface area contributed by atoms with Gasteiger partial charge in [0.2, 0.25) is 6.29 Å². The molecule has 10 heteroatoms. The van der Waals surface area contributed by atoms with Crippen molar-refractivity contribution in [1.29, 1.82) is 0 Å². The van der Waals surface area contributed by atoms with Gasteiger partial charge in [0.15, 0.2) is 5.76 Å². The molecule has 1 aromatic heterocycles. The highest BCUT2D eigenvalue weighted by atomic mass is 35.5. The molecule has 3 amide bonds. The Morgan fingerprint density at radius 2 is 1.88 bits per heavy atom. The normalized spacial score (nSPS) is 18.0. The van der Waals surface area contributed by atoms with Crippen molar-refractivity contribution in [3.05, 3.63) is 106 Å². The SMILES string of the molecule is Cc1cc(NC(=O)C2=C[C@H](c3coc4ccccc34)C[C@H](OCCCCO)O2)ccc1N1C(=O)c2ccc(Cl)cc2C1=O. The molecule has 3 heterocycles.